The summed E-state index contributed by atoms with van der Waals surface area (Å²) in [6.45, 7) is 2.80. The second kappa shape index (κ2) is 7.57. The molecule has 2 aromatic carbocycles. The van der Waals surface area contributed by atoms with Crippen LogP contribution in [-0.2, 0) is 23.0 Å². The van der Waals surface area contributed by atoms with Crippen LogP contribution in [0.1, 0.15) is 26.5 Å². The quantitative estimate of drug-likeness (QED) is 0.685. The summed E-state index contributed by atoms with van der Waals surface area (Å²) in [4.78, 5) is 19.3. The summed E-state index contributed by atoms with van der Waals surface area (Å²) in [6, 6.07) is 12.5. The van der Waals surface area contributed by atoms with E-state index in [0.717, 1.165) is 35.5 Å². The van der Waals surface area contributed by atoms with Gasteiger partial charge in [-0.2, -0.15) is 0 Å². The van der Waals surface area contributed by atoms with Crippen molar-refractivity contribution >= 4 is 32.4 Å². The highest BCUT2D eigenvalue weighted by atomic mass is 32.2. The summed E-state index contributed by atoms with van der Waals surface area (Å²) in [6.07, 6.45) is 0.782. The molecule has 0 spiro atoms. The van der Waals surface area contributed by atoms with E-state index in [0.29, 0.717) is 23.7 Å². The van der Waals surface area contributed by atoms with Crippen molar-refractivity contribution in [3.05, 3.63) is 76.0 Å². The fraction of sp³-hybridized carbons (Fsp3) is 0.200. The number of sulfonamides is 1. The third-order valence-corrected chi connectivity index (χ3v) is 7.30. The van der Waals surface area contributed by atoms with Gasteiger partial charge in [0.1, 0.15) is 10.7 Å². The Balaban J connectivity index is 1.54. The first-order chi connectivity index (χ1) is 13.8. The summed E-state index contributed by atoms with van der Waals surface area (Å²) < 4.78 is 40.4. The van der Waals surface area contributed by atoms with Gasteiger partial charge in [-0.15, -0.1) is 0 Å². The van der Waals surface area contributed by atoms with E-state index in [1.165, 1.54) is 17.7 Å². The van der Waals surface area contributed by atoms with Crippen LogP contribution >= 0.6 is 11.3 Å². The Morgan fingerprint density at radius 1 is 1.14 bits per heavy atom. The van der Waals surface area contributed by atoms with Crippen LogP contribution in [0.4, 0.5) is 9.52 Å². The number of hydrogen-bond donors (Lipinski definition) is 1. The van der Waals surface area contributed by atoms with Gasteiger partial charge in [-0.05, 0) is 48.7 Å². The van der Waals surface area contributed by atoms with Gasteiger partial charge in [-0.3, -0.25) is 9.52 Å². The average molecular weight is 432 g/mol. The fourth-order valence-electron chi connectivity index (χ4n) is 3.24. The largest absolute Gasteiger partial charge is 0.333 e. The summed E-state index contributed by atoms with van der Waals surface area (Å²) in [5.74, 6) is -0.688. The highest BCUT2D eigenvalue weighted by Crippen LogP contribution is 2.28. The third-order valence-electron chi connectivity index (χ3n) is 4.75. The van der Waals surface area contributed by atoms with Crippen LogP contribution in [0.25, 0.3) is 0 Å². The van der Waals surface area contributed by atoms with Gasteiger partial charge in [0, 0.05) is 13.1 Å². The number of hydrogen-bond acceptors (Lipinski definition) is 5. The molecule has 0 saturated carbocycles. The molecule has 29 heavy (non-hydrogen) atoms. The topological polar surface area (TPSA) is 79.4 Å². The standard InChI is InChI=1S/C20H18FN3O3S2/c1-13-18(19(25)24-11-10-14-4-2-3-5-15(14)12-24)28-20(22-13)23-29(26,27)17-8-6-16(21)7-9-17/h2-9H,10-12H2,1H3,(H,22,23). The van der Waals surface area contributed by atoms with Crippen molar-refractivity contribution in [3.63, 3.8) is 0 Å². The van der Waals surface area contributed by atoms with Crippen LogP contribution in [-0.4, -0.2) is 30.8 Å². The second-order valence-electron chi connectivity index (χ2n) is 6.74. The molecule has 0 bridgehead atoms. The molecular formula is C20H18FN3O3S2. The molecule has 6 nitrogen and oxygen atoms in total. The summed E-state index contributed by atoms with van der Waals surface area (Å²) in [5, 5.41) is 0.104. The van der Waals surface area contributed by atoms with E-state index >= 15 is 0 Å². The summed E-state index contributed by atoms with van der Waals surface area (Å²) >= 11 is 1.00. The zero-order valence-corrected chi connectivity index (χ0v) is 17.2. The first-order valence-corrected chi connectivity index (χ1v) is 11.3. The van der Waals surface area contributed by atoms with Gasteiger partial charge in [0.15, 0.2) is 5.13 Å². The number of aromatic nitrogens is 1. The Kier molecular flexibility index (Phi) is 5.10. The number of amides is 1. The lowest BCUT2D eigenvalue weighted by atomic mass is 10.00. The van der Waals surface area contributed by atoms with Gasteiger partial charge in [0.2, 0.25) is 0 Å². The Hall–Kier alpha value is -2.78. The maximum atomic E-state index is 13.0. The van der Waals surface area contributed by atoms with Crippen LogP contribution in [0.5, 0.6) is 0 Å². The Morgan fingerprint density at radius 2 is 1.83 bits per heavy atom. The highest BCUT2D eigenvalue weighted by Gasteiger charge is 2.26. The number of carbonyl (C=O) groups excluding carboxylic acids is 1. The molecule has 0 saturated heterocycles. The SMILES string of the molecule is Cc1nc(NS(=O)(=O)c2ccc(F)cc2)sc1C(=O)N1CCc2ccccc2C1. The number of anilines is 1. The number of nitrogens with one attached hydrogen (secondary N) is 1. The smallest absolute Gasteiger partial charge is 0.266 e. The second-order valence-corrected chi connectivity index (χ2v) is 9.42. The molecule has 0 unspecified atom stereocenters. The van der Waals surface area contributed by atoms with Crippen molar-refractivity contribution in [2.24, 2.45) is 0 Å². The van der Waals surface area contributed by atoms with Crippen molar-refractivity contribution in [2.45, 2.75) is 24.8 Å². The Labute approximate surface area is 172 Å². The van der Waals surface area contributed by atoms with Gasteiger partial charge >= 0.3 is 0 Å². The minimum atomic E-state index is -3.92. The lowest BCUT2D eigenvalue weighted by molar-refractivity contribution is 0.0738. The van der Waals surface area contributed by atoms with Crippen LogP contribution in [0, 0.1) is 12.7 Å². The van der Waals surface area contributed by atoms with E-state index in [2.05, 4.69) is 15.8 Å². The van der Waals surface area contributed by atoms with E-state index in [-0.39, 0.29) is 15.9 Å². The third kappa shape index (κ3) is 4.01. The fourth-order valence-corrected chi connectivity index (χ4v) is 5.41. The molecule has 2 heterocycles. The molecule has 1 aliphatic heterocycles. The average Bonchev–Trinajstić information content (AvgIpc) is 3.06. The van der Waals surface area contributed by atoms with Crippen molar-refractivity contribution < 1.29 is 17.6 Å². The van der Waals surface area contributed by atoms with E-state index in [4.69, 9.17) is 0 Å². The zero-order chi connectivity index (χ0) is 20.6. The van der Waals surface area contributed by atoms with E-state index < -0.39 is 15.8 Å². The van der Waals surface area contributed by atoms with Crippen LogP contribution in [0.15, 0.2) is 53.4 Å². The Bertz CT molecular complexity index is 1170. The molecule has 0 fully saturated rings. The molecule has 1 aromatic heterocycles. The van der Waals surface area contributed by atoms with Crippen molar-refractivity contribution in [1.29, 1.82) is 0 Å². The van der Waals surface area contributed by atoms with Crippen molar-refractivity contribution in [3.8, 4) is 0 Å². The molecule has 1 amide bonds. The molecule has 0 atom stereocenters. The number of rotatable bonds is 4. The molecule has 150 valence electrons. The highest BCUT2D eigenvalue weighted by molar-refractivity contribution is 7.93. The molecule has 3 aromatic rings. The molecule has 0 aliphatic carbocycles. The number of carbonyl (C=O) groups is 1. The number of fused-ring (bicyclic) bond motifs is 1. The number of benzene rings is 2. The van der Waals surface area contributed by atoms with Crippen LogP contribution in [0.3, 0.4) is 0 Å². The molecular weight excluding hydrogens is 413 g/mol. The molecule has 9 heteroatoms. The van der Waals surface area contributed by atoms with Crippen molar-refractivity contribution in [1.82, 2.24) is 9.88 Å². The van der Waals surface area contributed by atoms with Gasteiger partial charge in [0.05, 0.1) is 10.6 Å². The summed E-state index contributed by atoms with van der Waals surface area (Å²) in [7, 11) is -3.92. The van der Waals surface area contributed by atoms with Crippen LogP contribution in [0.2, 0.25) is 0 Å². The minimum absolute atomic E-state index is 0.0766. The number of thiazole rings is 1. The Morgan fingerprint density at radius 3 is 2.55 bits per heavy atom. The zero-order valence-electron chi connectivity index (χ0n) is 15.6. The molecule has 1 N–H and O–H groups in total. The molecule has 4 rings (SSSR count). The monoisotopic (exact) mass is 431 g/mol. The van der Waals surface area contributed by atoms with E-state index in [1.807, 2.05) is 18.2 Å². The minimum Gasteiger partial charge on any atom is -0.333 e. The number of nitrogens with zero attached hydrogens (tertiary/aromatic N) is 2. The lowest BCUT2D eigenvalue weighted by Crippen LogP contribution is -2.35. The first kappa shape index (κ1) is 19.5. The van der Waals surface area contributed by atoms with Gasteiger partial charge < -0.3 is 4.90 Å². The maximum absolute atomic E-state index is 13.0. The lowest BCUT2D eigenvalue weighted by Gasteiger charge is -2.28. The first-order valence-electron chi connectivity index (χ1n) is 8.95. The van der Waals surface area contributed by atoms with E-state index in [9.17, 15) is 17.6 Å². The number of aryl methyl sites for hydroxylation is 1. The molecule has 1 aliphatic rings. The van der Waals surface area contributed by atoms with Gasteiger partial charge in [-0.25, -0.2) is 17.8 Å². The van der Waals surface area contributed by atoms with Crippen molar-refractivity contribution in [2.75, 3.05) is 11.3 Å². The summed E-state index contributed by atoms with van der Waals surface area (Å²) in [5.41, 5.74) is 2.83. The van der Waals surface area contributed by atoms with Gasteiger partial charge in [-0.1, -0.05) is 35.6 Å². The molecule has 0 radical (unpaired) electrons. The van der Waals surface area contributed by atoms with Gasteiger partial charge in [0.25, 0.3) is 15.9 Å². The normalized spacial score (nSPS) is 13.8. The van der Waals surface area contributed by atoms with E-state index in [1.54, 1.807) is 11.8 Å². The predicted octanol–water partition coefficient (Wildman–Crippen LogP) is 3.59. The van der Waals surface area contributed by atoms with Crippen LogP contribution < -0.4 is 4.72 Å². The predicted molar refractivity (Wildman–Crippen MR) is 109 cm³/mol. The maximum Gasteiger partial charge on any atom is 0.266 e. The number of halogens is 1.